The van der Waals surface area contributed by atoms with Gasteiger partial charge >= 0.3 is 0 Å². The maximum absolute atomic E-state index is 13.0. The first kappa shape index (κ1) is 31.3. The fourth-order valence-electron chi connectivity index (χ4n) is 4.87. The first-order chi connectivity index (χ1) is 20.5. The van der Waals surface area contributed by atoms with Gasteiger partial charge in [0.1, 0.15) is 24.0 Å². The standard InChI is InChI=1S/C34H39N3O6/c1-22(38)13-18-30(31(39)35-19-23-14-16-24(17-15-23)20-36-32(40)43-34(2,3)4)37-33(41)42-21-29-27-11-7-5-9-25(27)26-10-6-8-12-28(26)29/h5-12,14-17,29-30H,13,18-21H2,1-4H3,(H,35,39)(H,36,40)(H,37,41)/p-2/t30-/m0/s1. The molecule has 9 heteroatoms. The highest BCUT2D eigenvalue weighted by atomic mass is 16.6. The Labute approximate surface area is 252 Å². The molecule has 0 radical (unpaired) electrons. The van der Waals surface area contributed by atoms with Crippen molar-refractivity contribution in [2.45, 2.75) is 71.2 Å². The van der Waals surface area contributed by atoms with Gasteiger partial charge in [0.2, 0.25) is 5.91 Å². The summed E-state index contributed by atoms with van der Waals surface area (Å²) in [7, 11) is 0. The molecule has 0 bridgehead atoms. The smallest absolute Gasteiger partial charge is 0.245 e. The van der Waals surface area contributed by atoms with Gasteiger partial charge in [0, 0.05) is 31.1 Å². The van der Waals surface area contributed by atoms with Crippen LogP contribution >= 0.6 is 0 Å². The Morgan fingerprint density at radius 3 is 2.05 bits per heavy atom. The van der Waals surface area contributed by atoms with Gasteiger partial charge < -0.3 is 29.8 Å². The molecule has 1 aliphatic carbocycles. The summed E-state index contributed by atoms with van der Waals surface area (Å²) in [6, 6.07) is 22.2. The number of carbonyl (C=O) groups excluding carboxylic acids is 2. The highest BCUT2D eigenvalue weighted by Crippen LogP contribution is 2.44. The normalized spacial score (nSPS) is 14.0. The van der Waals surface area contributed by atoms with Crippen molar-refractivity contribution >= 4 is 23.9 Å². The molecule has 1 amide bonds. The molecule has 0 heterocycles. The van der Waals surface area contributed by atoms with Crippen molar-refractivity contribution in [2.24, 2.45) is 9.98 Å². The molecule has 3 aromatic carbocycles. The van der Waals surface area contributed by atoms with Gasteiger partial charge in [-0.2, -0.15) is 0 Å². The van der Waals surface area contributed by atoms with Gasteiger partial charge in [-0.15, -0.1) is 0 Å². The number of benzene rings is 3. The summed E-state index contributed by atoms with van der Waals surface area (Å²) in [6.45, 7) is 7.22. The fraction of sp³-hybridized carbons (Fsp3) is 0.353. The van der Waals surface area contributed by atoms with E-state index in [1.807, 2.05) is 60.7 Å². The van der Waals surface area contributed by atoms with Crippen LogP contribution in [-0.2, 0) is 32.2 Å². The van der Waals surface area contributed by atoms with Crippen molar-refractivity contribution in [3.05, 3.63) is 95.1 Å². The first-order valence-corrected chi connectivity index (χ1v) is 14.3. The molecule has 0 saturated carbocycles. The van der Waals surface area contributed by atoms with E-state index >= 15 is 0 Å². The lowest BCUT2D eigenvalue weighted by molar-refractivity contribution is -0.260. The summed E-state index contributed by atoms with van der Waals surface area (Å²) in [5, 5.41) is 27.4. The van der Waals surface area contributed by atoms with Crippen molar-refractivity contribution in [2.75, 3.05) is 6.61 Å². The average Bonchev–Trinajstić information content (AvgIpc) is 3.29. The molecule has 0 aliphatic heterocycles. The number of Topliss-reactive ketones (excluding diaryl/α,β-unsaturated/α-hetero) is 1. The third-order valence-corrected chi connectivity index (χ3v) is 6.94. The maximum atomic E-state index is 13.0. The number of rotatable bonds is 11. The highest BCUT2D eigenvalue weighted by molar-refractivity contribution is 5.85. The molecule has 9 nitrogen and oxygen atoms in total. The SMILES string of the molecule is CC(=O)CC[C@H](N=C([O-])OCC1c2ccccc2-c2ccccc21)C(=O)NCc1ccc(CN=C([O-])OC(C)(C)C)cc1. The minimum Gasteiger partial charge on any atom is -0.599 e. The number of nitrogens with one attached hydrogen (secondary N) is 1. The van der Waals surface area contributed by atoms with E-state index < -0.39 is 29.7 Å². The van der Waals surface area contributed by atoms with Crippen LogP contribution < -0.4 is 15.5 Å². The summed E-state index contributed by atoms with van der Waals surface area (Å²) in [4.78, 5) is 32.6. The van der Waals surface area contributed by atoms with Gasteiger partial charge in [0.15, 0.2) is 0 Å². The molecule has 1 atom stereocenters. The minimum absolute atomic E-state index is 0.0873. The predicted octanol–water partition coefficient (Wildman–Crippen LogP) is 3.62. The summed E-state index contributed by atoms with van der Waals surface area (Å²) in [5.74, 6) is -0.706. The Bertz CT molecular complexity index is 1440. The van der Waals surface area contributed by atoms with Crippen LogP contribution in [-0.4, -0.2) is 42.1 Å². The van der Waals surface area contributed by atoms with E-state index in [9.17, 15) is 19.8 Å². The van der Waals surface area contributed by atoms with Crippen molar-refractivity contribution in [1.29, 1.82) is 0 Å². The second kappa shape index (κ2) is 14.0. The van der Waals surface area contributed by atoms with E-state index in [-0.39, 0.29) is 44.2 Å². The molecule has 1 aliphatic rings. The maximum Gasteiger partial charge on any atom is 0.245 e. The van der Waals surface area contributed by atoms with Gasteiger partial charge in [-0.05, 0) is 46.7 Å². The lowest BCUT2D eigenvalue weighted by Gasteiger charge is -2.29. The number of amides is 1. The van der Waals surface area contributed by atoms with Crippen LogP contribution in [0, 0.1) is 0 Å². The number of fused-ring (bicyclic) bond motifs is 3. The molecule has 0 fully saturated rings. The monoisotopic (exact) mass is 583 g/mol. The quantitative estimate of drug-likeness (QED) is 0.271. The number of carbonyl (C=O) groups is 2. The van der Waals surface area contributed by atoms with Crippen LogP contribution in [0.5, 0.6) is 0 Å². The van der Waals surface area contributed by atoms with Gasteiger partial charge in [-0.3, -0.25) is 14.8 Å². The van der Waals surface area contributed by atoms with Crippen LogP contribution in [0.4, 0.5) is 0 Å². The minimum atomic E-state index is -1.06. The number of nitrogens with zero attached hydrogens (tertiary/aromatic N) is 2. The zero-order valence-corrected chi connectivity index (χ0v) is 25.0. The number of hydrogen-bond donors (Lipinski definition) is 1. The van der Waals surface area contributed by atoms with Crippen molar-refractivity contribution in [3.8, 4) is 11.1 Å². The predicted molar refractivity (Wildman–Crippen MR) is 161 cm³/mol. The summed E-state index contributed by atoms with van der Waals surface area (Å²) >= 11 is 0. The summed E-state index contributed by atoms with van der Waals surface area (Å²) in [5.41, 5.74) is 5.38. The molecule has 0 spiro atoms. The zero-order chi connectivity index (χ0) is 31.0. The molecule has 4 rings (SSSR count). The van der Waals surface area contributed by atoms with Crippen molar-refractivity contribution in [3.63, 3.8) is 0 Å². The summed E-state index contributed by atoms with van der Waals surface area (Å²) in [6.07, 6.45) is -1.27. The average molecular weight is 584 g/mol. The van der Waals surface area contributed by atoms with Crippen LogP contribution in [0.2, 0.25) is 0 Å². The van der Waals surface area contributed by atoms with Gasteiger partial charge in [0.05, 0.1) is 6.54 Å². The molecule has 3 aromatic rings. The Hall–Kier alpha value is -4.66. The van der Waals surface area contributed by atoms with Crippen LogP contribution in [0.1, 0.15) is 68.7 Å². The fourth-order valence-corrected chi connectivity index (χ4v) is 4.87. The van der Waals surface area contributed by atoms with Crippen LogP contribution in [0.25, 0.3) is 11.1 Å². The second-order valence-corrected chi connectivity index (χ2v) is 11.5. The third kappa shape index (κ3) is 8.91. The van der Waals surface area contributed by atoms with E-state index in [0.717, 1.165) is 33.4 Å². The zero-order valence-electron chi connectivity index (χ0n) is 25.0. The first-order valence-electron chi connectivity index (χ1n) is 14.3. The number of aliphatic imine (C=N–C) groups is 2. The second-order valence-electron chi connectivity index (χ2n) is 11.5. The molecule has 0 unspecified atom stereocenters. The van der Waals surface area contributed by atoms with E-state index in [4.69, 9.17) is 9.47 Å². The summed E-state index contributed by atoms with van der Waals surface area (Å²) < 4.78 is 10.7. The van der Waals surface area contributed by atoms with Gasteiger partial charge in [-0.25, -0.2) is 0 Å². The van der Waals surface area contributed by atoms with Crippen molar-refractivity contribution in [1.82, 2.24) is 5.32 Å². The van der Waals surface area contributed by atoms with E-state index in [2.05, 4.69) is 27.4 Å². The van der Waals surface area contributed by atoms with E-state index in [1.54, 1.807) is 20.8 Å². The Balaban J connectivity index is 1.36. The highest BCUT2D eigenvalue weighted by Gasteiger charge is 2.27. The molecular weight excluding hydrogens is 546 g/mol. The lowest BCUT2D eigenvalue weighted by Crippen LogP contribution is -2.36. The largest absolute Gasteiger partial charge is 0.599 e. The molecule has 43 heavy (non-hydrogen) atoms. The number of ketones is 1. The van der Waals surface area contributed by atoms with E-state index in [1.165, 1.54) is 6.92 Å². The van der Waals surface area contributed by atoms with Gasteiger partial charge in [0.25, 0.3) is 0 Å². The Morgan fingerprint density at radius 1 is 0.884 bits per heavy atom. The van der Waals surface area contributed by atoms with E-state index in [0.29, 0.717) is 0 Å². The van der Waals surface area contributed by atoms with Gasteiger partial charge in [-0.1, -0.05) is 93.6 Å². The molecule has 226 valence electrons. The third-order valence-electron chi connectivity index (χ3n) is 6.94. The van der Waals surface area contributed by atoms with Crippen LogP contribution in [0.3, 0.4) is 0 Å². The molecule has 1 N–H and O–H groups in total. The molecular formula is C34H37N3O6-2. The number of ether oxygens (including phenoxy) is 2. The number of hydrogen-bond acceptors (Lipinski definition) is 8. The van der Waals surface area contributed by atoms with Crippen molar-refractivity contribution < 1.29 is 29.3 Å². The Morgan fingerprint density at radius 2 is 1.47 bits per heavy atom. The molecule has 0 aromatic heterocycles. The Kier molecular flexibility index (Phi) is 10.2. The van der Waals surface area contributed by atoms with Crippen LogP contribution in [0.15, 0.2) is 82.8 Å². The lowest BCUT2D eigenvalue weighted by atomic mass is 9.98. The molecule has 0 saturated heterocycles. The topological polar surface area (TPSA) is 135 Å².